The van der Waals surface area contributed by atoms with E-state index in [1.54, 1.807) is 6.08 Å². The zero-order valence-corrected chi connectivity index (χ0v) is 32.1. The first kappa shape index (κ1) is 47.2. The van der Waals surface area contributed by atoms with Gasteiger partial charge in [0.1, 0.15) is 24.4 Å². The molecule has 1 fully saturated rings. The predicted molar refractivity (Wildman–Crippen MR) is 207 cm³/mol. The Morgan fingerprint density at radius 2 is 1.18 bits per heavy atom. The molecule has 7 atom stereocenters. The summed E-state index contributed by atoms with van der Waals surface area (Å²) in [5.74, 6) is -0.204. The largest absolute Gasteiger partial charge is 0.394 e. The number of hydrogen-bond acceptors (Lipinski definition) is 8. The monoisotopic (exact) mass is 722 g/mol. The molecule has 1 rings (SSSR count). The van der Waals surface area contributed by atoms with Crippen LogP contribution in [0, 0.1) is 0 Å². The smallest absolute Gasteiger partial charge is 0.220 e. The first-order valence-electron chi connectivity index (χ1n) is 20.4. The summed E-state index contributed by atoms with van der Waals surface area (Å²) in [5, 5.41) is 53.8. The maximum Gasteiger partial charge on any atom is 0.220 e. The van der Waals surface area contributed by atoms with Crippen LogP contribution in [0.3, 0.4) is 0 Å². The molecule has 1 amide bonds. The van der Waals surface area contributed by atoms with Gasteiger partial charge in [0, 0.05) is 6.42 Å². The molecule has 0 saturated carbocycles. The average molecular weight is 722 g/mol. The van der Waals surface area contributed by atoms with Gasteiger partial charge in [-0.15, -0.1) is 0 Å². The molecule has 9 heteroatoms. The number of rotatable bonds is 32. The van der Waals surface area contributed by atoms with Crippen molar-refractivity contribution in [2.24, 2.45) is 0 Å². The van der Waals surface area contributed by atoms with Crippen molar-refractivity contribution < 1.29 is 39.8 Å². The van der Waals surface area contributed by atoms with Crippen molar-refractivity contribution in [1.29, 1.82) is 0 Å². The summed E-state index contributed by atoms with van der Waals surface area (Å²) in [6.07, 6.45) is 33.1. The summed E-state index contributed by atoms with van der Waals surface area (Å²) >= 11 is 0. The normalized spacial score (nSPS) is 22.5. The second-order valence-electron chi connectivity index (χ2n) is 14.0. The Morgan fingerprint density at radius 1 is 0.667 bits per heavy atom. The molecular formula is C42H75NO8. The van der Waals surface area contributed by atoms with Crippen LogP contribution in [-0.4, -0.2) is 87.5 Å². The van der Waals surface area contributed by atoms with E-state index < -0.39 is 49.5 Å². The van der Waals surface area contributed by atoms with Gasteiger partial charge in [-0.1, -0.05) is 133 Å². The highest BCUT2D eigenvalue weighted by molar-refractivity contribution is 5.76. The Kier molecular flexibility index (Phi) is 30.3. The van der Waals surface area contributed by atoms with Crippen LogP contribution >= 0.6 is 0 Å². The minimum absolute atomic E-state index is 0.204. The number of amides is 1. The number of aliphatic hydroxyl groups excluding tert-OH is 5. The van der Waals surface area contributed by atoms with Gasteiger partial charge in [-0.25, -0.2) is 0 Å². The van der Waals surface area contributed by atoms with E-state index in [1.807, 2.05) is 6.08 Å². The summed E-state index contributed by atoms with van der Waals surface area (Å²) in [6.45, 7) is 3.60. The molecule has 0 radical (unpaired) electrons. The number of nitrogens with one attached hydrogen (secondary N) is 1. The Balaban J connectivity index is 2.40. The second kappa shape index (κ2) is 32.8. The molecule has 0 aliphatic carbocycles. The first-order valence-corrected chi connectivity index (χ1v) is 20.4. The van der Waals surface area contributed by atoms with E-state index >= 15 is 0 Å². The van der Waals surface area contributed by atoms with E-state index in [2.05, 4.69) is 55.6 Å². The quantitative estimate of drug-likeness (QED) is 0.0309. The summed E-state index contributed by atoms with van der Waals surface area (Å²) in [4.78, 5) is 12.9. The third kappa shape index (κ3) is 24.2. The third-order valence-electron chi connectivity index (χ3n) is 9.37. The Bertz CT molecular complexity index is 936. The Morgan fingerprint density at radius 3 is 1.75 bits per heavy atom. The van der Waals surface area contributed by atoms with E-state index in [-0.39, 0.29) is 12.5 Å². The molecule has 296 valence electrons. The van der Waals surface area contributed by atoms with E-state index in [1.165, 1.54) is 64.2 Å². The fourth-order valence-electron chi connectivity index (χ4n) is 6.07. The van der Waals surface area contributed by atoms with Crippen molar-refractivity contribution in [1.82, 2.24) is 5.32 Å². The van der Waals surface area contributed by atoms with E-state index in [0.29, 0.717) is 6.42 Å². The Hall–Kier alpha value is -1.85. The number of aliphatic hydroxyl groups is 5. The van der Waals surface area contributed by atoms with Crippen molar-refractivity contribution >= 4 is 5.91 Å². The highest BCUT2D eigenvalue weighted by atomic mass is 16.7. The molecule has 0 bridgehead atoms. The van der Waals surface area contributed by atoms with Crippen molar-refractivity contribution in [3.05, 3.63) is 48.6 Å². The molecule has 1 heterocycles. The maximum absolute atomic E-state index is 12.9. The van der Waals surface area contributed by atoms with Crippen molar-refractivity contribution in [3.63, 3.8) is 0 Å². The number of unbranched alkanes of at least 4 members (excludes halogenated alkanes) is 16. The van der Waals surface area contributed by atoms with Gasteiger partial charge in [-0.3, -0.25) is 4.79 Å². The van der Waals surface area contributed by atoms with Gasteiger partial charge >= 0.3 is 0 Å². The molecule has 51 heavy (non-hydrogen) atoms. The maximum atomic E-state index is 12.9. The van der Waals surface area contributed by atoms with Gasteiger partial charge in [0.2, 0.25) is 5.91 Å². The topological polar surface area (TPSA) is 149 Å². The average Bonchev–Trinajstić information content (AvgIpc) is 3.13. The number of allylic oxidation sites excluding steroid dienone is 7. The van der Waals surface area contributed by atoms with Crippen LogP contribution in [0.4, 0.5) is 0 Å². The van der Waals surface area contributed by atoms with Gasteiger partial charge in [0.15, 0.2) is 6.29 Å². The number of carbonyl (C=O) groups is 1. The lowest BCUT2D eigenvalue weighted by Crippen LogP contribution is -2.60. The lowest BCUT2D eigenvalue weighted by Gasteiger charge is -2.40. The van der Waals surface area contributed by atoms with Crippen LogP contribution in [0.5, 0.6) is 0 Å². The lowest BCUT2D eigenvalue weighted by molar-refractivity contribution is -0.302. The molecule has 0 spiro atoms. The molecule has 1 aliphatic rings. The van der Waals surface area contributed by atoms with Gasteiger partial charge < -0.3 is 40.3 Å². The number of carbonyl (C=O) groups excluding carboxylic acids is 1. The van der Waals surface area contributed by atoms with Crippen LogP contribution in [0.1, 0.15) is 155 Å². The van der Waals surface area contributed by atoms with E-state index in [0.717, 1.165) is 70.6 Å². The minimum Gasteiger partial charge on any atom is -0.394 e. The summed E-state index contributed by atoms with van der Waals surface area (Å²) in [7, 11) is 0. The molecule has 1 saturated heterocycles. The van der Waals surface area contributed by atoms with Crippen LogP contribution < -0.4 is 5.32 Å². The number of ether oxygens (including phenoxy) is 2. The Labute approximate surface area is 310 Å². The van der Waals surface area contributed by atoms with Gasteiger partial charge in [0.25, 0.3) is 0 Å². The van der Waals surface area contributed by atoms with Crippen molar-refractivity contribution in [2.45, 2.75) is 198 Å². The van der Waals surface area contributed by atoms with Crippen LogP contribution in [-0.2, 0) is 14.3 Å². The molecule has 9 nitrogen and oxygen atoms in total. The molecular weight excluding hydrogens is 646 g/mol. The highest BCUT2D eigenvalue weighted by Gasteiger charge is 2.44. The van der Waals surface area contributed by atoms with Gasteiger partial charge in [-0.05, 0) is 64.2 Å². The predicted octanol–water partition coefficient (Wildman–Crippen LogP) is 7.50. The third-order valence-corrected chi connectivity index (χ3v) is 9.37. The molecule has 0 aromatic heterocycles. The molecule has 0 aromatic rings. The first-order chi connectivity index (χ1) is 24.8. The van der Waals surface area contributed by atoms with Crippen LogP contribution in [0.25, 0.3) is 0 Å². The summed E-state index contributed by atoms with van der Waals surface area (Å²) < 4.78 is 11.1. The second-order valence-corrected chi connectivity index (χ2v) is 14.0. The fourth-order valence-corrected chi connectivity index (χ4v) is 6.07. The van der Waals surface area contributed by atoms with Crippen LogP contribution in [0.2, 0.25) is 0 Å². The lowest BCUT2D eigenvalue weighted by atomic mass is 9.99. The van der Waals surface area contributed by atoms with Crippen molar-refractivity contribution in [3.8, 4) is 0 Å². The van der Waals surface area contributed by atoms with Gasteiger partial charge in [0.05, 0.1) is 25.4 Å². The molecule has 1 aliphatic heterocycles. The number of hydrogen-bond donors (Lipinski definition) is 6. The zero-order valence-electron chi connectivity index (χ0n) is 32.1. The SMILES string of the molecule is CC/C=C/CC/C=C/CC/C=C/C(O)C(COC1OC(CO)C(O)C(O)C1O)NC(=O)CCCCCCC/C=C\CCCCCCCCCCC. The van der Waals surface area contributed by atoms with E-state index in [4.69, 9.17) is 9.47 Å². The zero-order chi connectivity index (χ0) is 37.4. The van der Waals surface area contributed by atoms with Crippen molar-refractivity contribution in [2.75, 3.05) is 13.2 Å². The molecule has 6 N–H and O–H groups in total. The summed E-state index contributed by atoms with van der Waals surface area (Å²) in [5.41, 5.74) is 0. The minimum atomic E-state index is -1.57. The highest BCUT2D eigenvalue weighted by Crippen LogP contribution is 2.22. The molecule has 7 unspecified atom stereocenters. The standard InChI is InChI=1S/C42H75NO8/c1-3-5-7-9-11-13-15-16-17-18-19-20-21-22-24-26-28-30-32-38(46)43-35(34-50-42-41(49)40(48)39(47)37(33-44)51-42)36(45)31-29-27-25-23-14-12-10-8-6-4-2/h6,8,14,19-20,23,29,31,35-37,39-42,44-45,47-49H,3-5,7,9-13,15-18,21-22,24-28,30,32-34H2,1-2H3,(H,43,46)/b8-6+,20-19-,23-14+,31-29+. The molecule has 0 aromatic carbocycles. The summed E-state index contributed by atoms with van der Waals surface area (Å²) in [6, 6.07) is -0.829. The fraction of sp³-hybridized carbons (Fsp3) is 0.786. The van der Waals surface area contributed by atoms with Crippen LogP contribution in [0.15, 0.2) is 48.6 Å². The van der Waals surface area contributed by atoms with Gasteiger partial charge in [-0.2, -0.15) is 0 Å². The van der Waals surface area contributed by atoms with E-state index in [9.17, 15) is 30.3 Å².